The van der Waals surface area contributed by atoms with Gasteiger partial charge in [-0.15, -0.1) is 0 Å². The average molecular weight is 273 g/mol. The Morgan fingerprint density at radius 1 is 1.30 bits per heavy atom. The number of hydrogen-bond donors (Lipinski definition) is 2. The fourth-order valence-electron chi connectivity index (χ4n) is 1.84. The van der Waals surface area contributed by atoms with Crippen molar-refractivity contribution in [1.82, 2.24) is 10.3 Å². The molecule has 1 aromatic heterocycles. The topological polar surface area (TPSA) is 54.0 Å². The maximum absolute atomic E-state index is 13.5. The highest BCUT2D eigenvalue weighted by molar-refractivity contribution is 5.99. The molecule has 2 aromatic rings. The third kappa shape index (κ3) is 3.32. The molecule has 0 saturated carbocycles. The van der Waals surface area contributed by atoms with E-state index in [1.165, 1.54) is 6.07 Å². The van der Waals surface area contributed by atoms with Crippen molar-refractivity contribution in [2.45, 2.75) is 13.5 Å². The summed E-state index contributed by atoms with van der Waals surface area (Å²) >= 11 is 0. The molecule has 0 atom stereocenters. The molecule has 0 fully saturated rings. The Kier molecular flexibility index (Phi) is 4.65. The number of halogens is 1. The minimum Gasteiger partial charge on any atom is -0.383 e. The van der Waals surface area contributed by atoms with Crippen molar-refractivity contribution in [1.29, 1.82) is 0 Å². The molecule has 1 aromatic carbocycles. The van der Waals surface area contributed by atoms with Crippen molar-refractivity contribution in [2.75, 3.05) is 11.9 Å². The largest absolute Gasteiger partial charge is 0.383 e. The van der Waals surface area contributed by atoms with Crippen LogP contribution in [0.1, 0.15) is 22.8 Å². The van der Waals surface area contributed by atoms with Crippen LogP contribution in [0.15, 0.2) is 42.7 Å². The monoisotopic (exact) mass is 273 g/mol. The molecule has 0 radical (unpaired) electrons. The highest BCUT2D eigenvalue weighted by atomic mass is 19.1. The van der Waals surface area contributed by atoms with Crippen molar-refractivity contribution in [3.8, 4) is 0 Å². The first-order valence-electron chi connectivity index (χ1n) is 6.42. The third-order valence-electron chi connectivity index (χ3n) is 2.83. The summed E-state index contributed by atoms with van der Waals surface area (Å²) in [6.07, 6.45) is 3.15. The fraction of sp³-hybridized carbons (Fsp3) is 0.200. The minimum atomic E-state index is -0.325. The van der Waals surface area contributed by atoms with Crippen molar-refractivity contribution < 1.29 is 9.18 Å². The van der Waals surface area contributed by atoms with E-state index in [4.69, 9.17) is 0 Å². The summed E-state index contributed by atoms with van der Waals surface area (Å²) in [4.78, 5) is 16.1. The second kappa shape index (κ2) is 6.65. The van der Waals surface area contributed by atoms with Gasteiger partial charge < -0.3 is 10.6 Å². The van der Waals surface area contributed by atoms with Gasteiger partial charge in [-0.2, -0.15) is 0 Å². The zero-order chi connectivity index (χ0) is 14.4. The van der Waals surface area contributed by atoms with E-state index < -0.39 is 0 Å². The summed E-state index contributed by atoms with van der Waals surface area (Å²) in [7, 11) is 0. The minimum absolute atomic E-state index is 0.152. The molecule has 20 heavy (non-hydrogen) atoms. The van der Waals surface area contributed by atoms with Gasteiger partial charge in [0.15, 0.2) is 0 Å². The van der Waals surface area contributed by atoms with Gasteiger partial charge in [0.2, 0.25) is 0 Å². The van der Waals surface area contributed by atoms with Gasteiger partial charge in [-0.25, -0.2) is 4.39 Å². The van der Waals surface area contributed by atoms with Crippen molar-refractivity contribution in [2.24, 2.45) is 0 Å². The summed E-state index contributed by atoms with van der Waals surface area (Å²) in [6, 6.07) is 8.01. The molecular formula is C15H16FN3O. The number of hydrogen-bond acceptors (Lipinski definition) is 3. The van der Waals surface area contributed by atoms with Crippen molar-refractivity contribution >= 4 is 11.6 Å². The highest BCUT2D eigenvalue weighted by Crippen LogP contribution is 2.13. The molecule has 1 amide bonds. The number of anilines is 1. The molecule has 2 N–H and O–H groups in total. The maximum atomic E-state index is 13.5. The van der Waals surface area contributed by atoms with E-state index in [0.29, 0.717) is 23.4 Å². The Morgan fingerprint density at radius 2 is 2.10 bits per heavy atom. The first kappa shape index (κ1) is 14.0. The van der Waals surface area contributed by atoms with Crippen LogP contribution in [0.4, 0.5) is 10.1 Å². The van der Waals surface area contributed by atoms with Gasteiger partial charge in [-0.3, -0.25) is 9.78 Å². The standard InChI is InChI=1S/C15H16FN3O/c1-2-18-14-10-17-8-7-12(14)15(20)19-9-11-5-3-4-6-13(11)16/h3-8,10,18H,2,9H2,1H3,(H,19,20). The first-order valence-corrected chi connectivity index (χ1v) is 6.42. The average Bonchev–Trinajstić information content (AvgIpc) is 2.47. The van der Waals surface area contributed by atoms with Gasteiger partial charge in [0.05, 0.1) is 17.4 Å². The summed E-state index contributed by atoms with van der Waals surface area (Å²) in [5.74, 6) is -0.582. The molecule has 0 unspecified atom stereocenters. The molecule has 0 aliphatic heterocycles. The van der Waals surface area contributed by atoms with Crippen molar-refractivity contribution in [3.63, 3.8) is 0 Å². The zero-order valence-electron chi connectivity index (χ0n) is 11.2. The number of carbonyl (C=O) groups excluding carboxylic acids is 1. The van der Waals surface area contributed by atoms with Crippen LogP contribution >= 0.6 is 0 Å². The predicted octanol–water partition coefficient (Wildman–Crippen LogP) is 2.58. The molecule has 104 valence electrons. The Hall–Kier alpha value is -2.43. The van der Waals surface area contributed by atoms with Crippen molar-refractivity contribution in [3.05, 3.63) is 59.7 Å². The summed E-state index contributed by atoms with van der Waals surface area (Å²) in [6.45, 7) is 2.78. The van der Waals surface area contributed by atoms with E-state index >= 15 is 0 Å². The number of nitrogens with zero attached hydrogens (tertiary/aromatic N) is 1. The third-order valence-corrected chi connectivity index (χ3v) is 2.83. The van der Waals surface area contributed by atoms with E-state index in [1.54, 1.807) is 36.7 Å². The molecule has 0 aliphatic carbocycles. The van der Waals surface area contributed by atoms with Crippen LogP contribution in [0.25, 0.3) is 0 Å². The Bertz CT molecular complexity index is 601. The van der Waals surface area contributed by atoms with Crippen LogP contribution in [0.3, 0.4) is 0 Å². The molecule has 0 bridgehead atoms. The number of benzene rings is 1. The summed E-state index contributed by atoms with van der Waals surface area (Å²) in [5.41, 5.74) is 1.62. The number of aromatic nitrogens is 1. The maximum Gasteiger partial charge on any atom is 0.253 e. The molecule has 0 spiro atoms. The van der Waals surface area contributed by atoms with Crippen LogP contribution in [0.2, 0.25) is 0 Å². The quantitative estimate of drug-likeness (QED) is 0.880. The normalized spacial score (nSPS) is 10.1. The second-order valence-electron chi connectivity index (χ2n) is 4.23. The molecule has 0 aliphatic rings. The van der Waals surface area contributed by atoms with Gasteiger partial charge >= 0.3 is 0 Å². The van der Waals surface area contributed by atoms with Crippen LogP contribution in [0, 0.1) is 5.82 Å². The Labute approximate surface area is 117 Å². The molecule has 5 heteroatoms. The zero-order valence-corrected chi connectivity index (χ0v) is 11.2. The lowest BCUT2D eigenvalue weighted by atomic mass is 10.2. The fourth-order valence-corrected chi connectivity index (χ4v) is 1.84. The number of carbonyl (C=O) groups is 1. The van der Waals surface area contributed by atoms with E-state index in [9.17, 15) is 9.18 Å². The molecular weight excluding hydrogens is 257 g/mol. The lowest BCUT2D eigenvalue weighted by molar-refractivity contribution is 0.0951. The highest BCUT2D eigenvalue weighted by Gasteiger charge is 2.11. The van der Waals surface area contributed by atoms with Crippen LogP contribution in [-0.2, 0) is 6.54 Å². The number of amides is 1. The van der Waals surface area contributed by atoms with Gasteiger partial charge in [0.1, 0.15) is 5.82 Å². The lowest BCUT2D eigenvalue weighted by Gasteiger charge is -2.10. The van der Waals surface area contributed by atoms with Gasteiger partial charge in [-0.1, -0.05) is 18.2 Å². The number of rotatable bonds is 5. The Morgan fingerprint density at radius 3 is 2.85 bits per heavy atom. The van der Waals surface area contributed by atoms with Gasteiger partial charge in [0, 0.05) is 24.8 Å². The molecule has 4 nitrogen and oxygen atoms in total. The van der Waals surface area contributed by atoms with Gasteiger partial charge in [0.25, 0.3) is 5.91 Å². The van der Waals surface area contributed by atoms with E-state index in [1.807, 2.05) is 6.92 Å². The van der Waals surface area contributed by atoms with Crippen LogP contribution in [0.5, 0.6) is 0 Å². The SMILES string of the molecule is CCNc1cnccc1C(=O)NCc1ccccc1F. The number of pyridine rings is 1. The smallest absolute Gasteiger partial charge is 0.253 e. The number of nitrogens with one attached hydrogen (secondary N) is 2. The lowest BCUT2D eigenvalue weighted by Crippen LogP contribution is -2.24. The van der Waals surface area contributed by atoms with E-state index in [2.05, 4.69) is 15.6 Å². The van der Waals surface area contributed by atoms with Crippen LogP contribution < -0.4 is 10.6 Å². The molecule has 1 heterocycles. The van der Waals surface area contributed by atoms with Gasteiger partial charge in [-0.05, 0) is 19.1 Å². The summed E-state index contributed by atoms with van der Waals surface area (Å²) < 4.78 is 13.5. The molecule has 0 saturated heterocycles. The predicted molar refractivity (Wildman–Crippen MR) is 76.0 cm³/mol. The second-order valence-corrected chi connectivity index (χ2v) is 4.23. The Balaban J connectivity index is 2.07. The molecule has 2 rings (SSSR count). The van der Waals surface area contributed by atoms with Crippen LogP contribution in [-0.4, -0.2) is 17.4 Å². The first-order chi connectivity index (χ1) is 9.72. The summed E-state index contributed by atoms with van der Waals surface area (Å²) in [5, 5.41) is 5.78. The van der Waals surface area contributed by atoms with E-state index in [-0.39, 0.29) is 18.3 Å². The van der Waals surface area contributed by atoms with E-state index in [0.717, 1.165) is 0 Å².